The summed E-state index contributed by atoms with van der Waals surface area (Å²) in [5.41, 5.74) is 1.82. The molecule has 1 atom stereocenters. The molecular weight excluding hydrogens is 304 g/mol. The van der Waals surface area contributed by atoms with E-state index in [1.807, 2.05) is 24.3 Å². The van der Waals surface area contributed by atoms with Crippen LogP contribution in [0.15, 0.2) is 24.3 Å². The number of sulfonamides is 1. The molecule has 7 heteroatoms. The summed E-state index contributed by atoms with van der Waals surface area (Å²) in [7, 11) is -3.41. The van der Waals surface area contributed by atoms with Gasteiger partial charge in [0.1, 0.15) is 0 Å². The lowest BCUT2D eigenvalue weighted by molar-refractivity contribution is -0.124. The van der Waals surface area contributed by atoms with E-state index in [2.05, 4.69) is 5.32 Å². The zero-order valence-corrected chi connectivity index (χ0v) is 13.1. The second kappa shape index (κ2) is 6.26. The van der Waals surface area contributed by atoms with Gasteiger partial charge >= 0.3 is 0 Å². The van der Waals surface area contributed by atoms with Gasteiger partial charge in [-0.1, -0.05) is 18.2 Å². The molecule has 1 N–H and O–H groups in total. The van der Waals surface area contributed by atoms with Crippen molar-refractivity contribution in [3.63, 3.8) is 0 Å². The van der Waals surface area contributed by atoms with Crippen LogP contribution in [0.5, 0.6) is 0 Å². The van der Waals surface area contributed by atoms with Gasteiger partial charge in [0, 0.05) is 19.7 Å². The van der Waals surface area contributed by atoms with E-state index in [0.717, 1.165) is 17.7 Å². The highest BCUT2D eigenvalue weighted by atomic mass is 32.2. The highest BCUT2D eigenvalue weighted by molar-refractivity contribution is 7.92. The number of nitrogens with one attached hydrogen (secondary N) is 1. The number of amides is 1. The first kappa shape index (κ1) is 15.3. The van der Waals surface area contributed by atoms with E-state index in [4.69, 9.17) is 4.74 Å². The zero-order valence-electron chi connectivity index (χ0n) is 12.3. The van der Waals surface area contributed by atoms with Gasteiger partial charge in [-0.2, -0.15) is 0 Å². The summed E-state index contributed by atoms with van der Waals surface area (Å²) >= 11 is 0. The van der Waals surface area contributed by atoms with Crippen molar-refractivity contribution in [2.45, 2.75) is 12.8 Å². The van der Waals surface area contributed by atoms with Crippen molar-refractivity contribution in [3.8, 4) is 0 Å². The van der Waals surface area contributed by atoms with Gasteiger partial charge in [0.05, 0.1) is 24.0 Å². The highest BCUT2D eigenvalue weighted by Crippen LogP contribution is 2.29. The normalized spacial score (nSPS) is 20.9. The number of fused-ring (bicyclic) bond motifs is 1. The Balaban J connectivity index is 1.57. The smallest absolute Gasteiger partial charge is 0.236 e. The number of carbonyl (C=O) groups is 1. The molecule has 0 radical (unpaired) electrons. The van der Waals surface area contributed by atoms with E-state index in [9.17, 15) is 13.2 Å². The Labute approximate surface area is 130 Å². The molecule has 1 saturated heterocycles. The lowest BCUT2D eigenvalue weighted by atomic mass is 10.1. The minimum atomic E-state index is -3.41. The van der Waals surface area contributed by atoms with E-state index in [1.54, 1.807) is 0 Å². The molecule has 2 heterocycles. The number of rotatable bonds is 5. The quantitative estimate of drug-likeness (QED) is 0.857. The predicted molar refractivity (Wildman–Crippen MR) is 83.2 cm³/mol. The van der Waals surface area contributed by atoms with Crippen LogP contribution in [0.25, 0.3) is 0 Å². The minimum Gasteiger partial charge on any atom is -0.381 e. The van der Waals surface area contributed by atoms with Crippen LogP contribution < -0.4 is 9.62 Å². The SMILES string of the molecule is O=C(NCCS(=O)(=O)N1CCc2ccccc21)[C@H]1CCOC1. The molecule has 0 aliphatic carbocycles. The molecule has 6 nitrogen and oxygen atoms in total. The molecular formula is C15H20N2O4S. The van der Waals surface area contributed by atoms with Crippen molar-refractivity contribution >= 4 is 21.6 Å². The third-order valence-electron chi connectivity index (χ3n) is 4.14. The van der Waals surface area contributed by atoms with Gasteiger partial charge < -0.3 is 10.1 Å². The Morgan fingerprint density at radius 2 is 2.18 bits per heavy atom. The molecule has 0 unspecified atom stereocenters. The molecule has 0 aromatic heterocycles. The monoisotopic (exact) mass is 324 g/mol. The number of ether oxygens (including phenoxy) is 1. The van der Waals surface area contributed by atoms with Gasteiger partial charge in [-0.05, 0) is 24.5 Å². The molecule has 0 spiro atoms. The van der Waals surface area contributed by atoms with E-state index in [1.165, 1.54) is 4.31 Å². The van der Waals surface area contributed by atoms with E-state index in [0.29, 0.717) is 26.2 Å². The highest BCUT2D eigenvalue weighted by Gasteiger charge is 2.29. The van der Waals surface area contributed by atoms with Crippen LogP contribution in [0.3, 0.4) is 0 Å². The van der Waals surface area contributed by atoms with Gasteiger partial charge in [0.15, 0.2) is 0 Å². The number of carbonyl (C=O) groups excluding carboxylic acids is 1. The first-order valence-electron chi connectivity index (χ1n) is 7.52. The molecule has 120 valence electrons. The molecule has 1 amide bonds. The molecule has 1 aromatic rings. The Bertz CT molecular complexity index is 653. The summed E-state index contributed by atoms with van der Waals surface area (Å²) < 4.78 is 31.5. The lowest BCUT2D eigenvalue weighted by Gasteiger charge is -2.19. The molecule has 3 rings (SSSR count). The second-order valence-corrected chi connectivity index (χ2v) is 7.63. The fraction of sp³-hybridized carbons (Fsp3) is 0.533. The third kappa shape index (κ3) is 3.10. The van der Waals surface area contributed by atoms with E-state index < -0.39 is 10.0 Å². The van der Waals surface area contributed by atoms with Crippen LogP contribution in [0.2, 0.25) is 0 Å². The first-order chi connectivity index (χ1) is 10.6. The topological polar surface area (TPSA) is 75.7 Å². The maximum atomic E-state index is 12.4. The first-order valence-corrected chi connectivity index (χ1v) is 9.12. The minimum absolute atomic E-state index is 0.0827. The number of benzene rings is 1. The summed E-state index contributed by atoms with van der Waals surface area (Å²) in [6, 6.07) is 7.54. The third-order valence-corrected chi connectivity index (χ3v) is 5.91. The number of anilines is 1. The van der Waals surface area contributed by atoms with Crippen molar-refractivity contribution in [1.29, 1.82) is 0 Å². The maximum absolute atomic E-state index is 12.4. The number of hydrogen-bond acceptors (Lipinski definition) is 4. The number of nitrogens with zero attached hydrogens (tertiary/aromatic N) is 1. The standard InChI is InChI=1S/C15H20N2O4S/c18-15(13-6-9-21-11-13)16-7-10-22(19,20)17-8-5-12-3-1-2-4-14(12)17/h1-4,13H,5-11H2,(H,16,18)/t13-/m0/s1. The molecule has 0 saturated carbocycles. The molecule has 1 fully saturated rings. The molecule has 2 aliphatic heterocycles. The lowest BCUT2D eigenvalue weighted by Crippen LogP contribution is -2.39. The van der Waals surface area contributed by atoms with Crippen molar-refractivity contribution in [2.24, 2.45) is 5.92 Å². The predicted octanol–water partition coefficient (Wildman–Crippen LogP) is 0.532. The molecule has 0 bridgehead atoms. The Morgan fingerprint density at radius 3 is 2.95 bits per heavy atom. The van der Waals surface area contributed by atoms with Crippen molar-refractivity contribution < 1.29 is 17.9 Å². The van der Waals surface area contributed by atoms with Crippen LogP contribution in [0.4, 0.5) is 5.69 Å². The van der Waals surface area contributed by atoms with Gasteiger partial charge in [-0.3, -0.25) is 9.10 Å². The molecule has 2 aliphatic rings. The fourth-order valence-electron chi connectivity index (χ4n) is 2.90. The number of para-hydroxylation sites is 1. The second-order valence-electron chi connectivity index (χ2n) is 5.62. The molecule has 22 heavy (non-hydrogen) atoms. The summed E-state index contributed by atoms with van der Waals surface area (Å²) in [5, 5.41) is 2.70. The van der Waals surface area contributed by atoms with Gasteiger partial charge in [-0.15, -0.1) is 0 Å². The van der Waals surface area contributed by atoms with Crippen LogP contribution in [-0.4, -0.2) is 46.4 Å². The van der Waals surface area contributed by atoms with Gasteiger partial charge in [0.25, 0.3) is 0 Å². The largest absolute Gasteiger partial charge is 0.381 e. The van der Waals surface area contributed by atoms with E-state index in [-0.39, 0.29) is 24.1 Å². The summed E-state index contributed by atoms with van der Waals surface area (Å²) in [6.07, 6.45) is 1.44. The Morgan fingerprint density at radius 1 is 1.36 bits per heavy atom. The van der Waals surface area contributed by atoms with Crippen molar-refractivity contribution in [1.82, 2.24) is 5.32 Å². The maximum Gasteiger partial charge on any atom is 0.236 e. The average molecular weight is 324 g/mol. The number of hydrogen-bond donors (Lipinski definition) is 1. The summed E-state index contributed by atoms with van der Waals surface area (Å²) in [4.78, 5) is 11.9. The molecule has 1 aromatic carbocycles. The van der Waals surface area contributed by atoms with Gasteiger partial charge in [-0.25, -0.2) is 8.42 Å². The van der Waals surface area contributed by atoms with Crippen LogP contribution in [0.1, 0.15) is 12.0 Å². The van der Waals surface area contributed by atoms with Crippen LogP contribution in [-0.2, 0) is 26.0 Å². The zero-order chi connectivity index (χ0) is 15.6. The van der Waals surface area contributed by atoms with Crippen molar-refractivity contribution in [3.05, 3.63) is 29.8 Å². The van der Waals surface area contributed by atoms with E-state index >= 15 is 0 Å². The van der Waals surface area contributed by atoms with Gasteiger partial charge in [0.2, 0.25) is 15.9 Å². The summed E-state index contributed by atoms with van der Waals surface area (Å²) in [6.45, 7) is 1.64. The van der Waals surface area contributed by atoms with Crippen molar-refractivity contribution in [2.75, 3.05) is 36.4 Å². The fourth-order valence-corrected chi connectivity index (χ4v) is 4.32. The Hall–Kier alpha value is -1.60. The average Bonchev–Trinajstić information content (AvgIpc) is 3.16. The Kier molecular flexibility index (Phi) is 4.35. The van der Waals surface area contributed by atoms with Crippen LogP contribution in [0, 0.1) is 5.92 Å². The summed E-state index contributed by atoms with van der Waals surface area (Å²) in [5.74, 6) is -0.342. The van der Waals surface area contributed by atoms with Crippen LogP contribution >= 0.6 is 0 Å².